The first-order valence-corrected chi connectivity index (χ1v) is 5.91. The van der Waals surface area contributed by atoms with E-state index in [9.17, 15) is 0 Å². The molecule has 0 aromatic carbocycles. The van der Waals surface area contributed by atoms with Crippen LogP contribution < -0.4 is 5.32 Å². The molecule has 0 amide bonds. The number of morpholine rings is 1. The summed E-state index contributed by atoms with van der Waals surface area (Å²) in [6.45, 7) is 13.2. The molecule has 0 aromatic rings. The van der Waals surface area contributed by atoms with Crippen molar-refractivity contribution in [3.63, 3.8) is 0 Å². The van der Waals surface area contributed by atoms with E-state index < -0.39 is 0 Å². The second-order valence-corrected chi connectivity index (χ2v) is 5.71. The molecule has 0 bridgehead atoms. The van der Waals surface area contributed by atoms with E-state index >= 15 is 0 Å². The molecular weight excluding hydrogens is 200 g/mol. The fraction of sp³-hybridized carbons (Fsp3) is 0.846. The van der Waals surface area contributed by atoms with E-state index in [1.54, 1.807) is 0 Å². The maximum absolute atomic E-state index is 6.02. The third kappa shape index (κ3) is 4.52. The van der Waals surface area contributed by atoms with Crippen LogP contribution >= 0.6 is 0 Å². The van der Waals surface area contributed by atoms with E-state index in [1.165, 1.54) is 0 Å². The van der Waals surface area contributed by atoms with Crippen LogP contribution in [0.1, 0.15) is 27.7 Å². The van der Waals surface area contributed by atoms with Gasteiger partial charge in [-0.2, -0.15) is 0 Å². The molecule has 3 heteroatoms. The highest BCUT2D eigenvalue weighted by atomic mass is 16.5. The van der Waals surface area contributed by atoms with Crippen LogP contribution in [0.15, 0.2) is 0 Å². The average Bonchev–Trinajstić information content (AvgIpc) is 2.07. The molecule has 1 rings (SSSR count). The Hall–Kier alpha value is -0.560. The molecule has 1 N–H and O–H groups in total. The Balaban J connectivity index is 2.39. The van der Waals surface area contributed by atoms with Crippen molar-refractivity contribution in [1.82, 2.24) is 10.2 Å². The van der Waals surface area contributed by atoms with Gasteiger partial charge in [-0.05, 0) is 27.7 Å². The lowest BCUT2D eigenvalue weighted by atomic mass is 9.99. The summed E-state index contributed by atoms with van der Waals surface area (Å²) in [6, 6.07) is 0. The highest BCUT2D eigenvalue weighted by Crippen LogP contribution is 2.27. The Morgan fingerprint density at radius 2 is 1.81 bits per heavy atom. The first kappa shape index (κ1) is 13.5. The number of nitrogens with zero attached hydrogens (tertiary/aromatic N) is 1. The fourth-order valence-corrected chi connectivity index (χ4v) is 2.50. The predicted octanol–water partition coefficient (Wildman–Crippen LogP) is 1.10. The first-order chi connectivity index (χ1) is 7.35. The van der Waals surface area contributed by atoms with Gasteiger partial charge in [-0.15, -0.1) is 6.42 Å². The van der Waals surface area contributed by atoms with Crippen LogP contribution in [0.5, 0.6) is 0 Å². The summed E-state index contributed by atoms with van der Waals surface area (Å²) in [7, 11) is 0. The normalized spacial score (nSPS) is 23.9. The van der Waals surface area contributed by atoms with E-state index in [4.69, 9.17) is 11.2 Å². The molecule has 0 spiro atoms. The SMILES string of the molecule is C#CCNCCN1CC(C)(C)OC(C)(C)C1. The van der Waals surface area contributed by atoms with Crippen molar-refractivity contribution in [3.05, 3.63) is 0 Å². The van der Waals surface area contributed by atoms with Crippen LogP contribution in [-0.4, -0.2) is 48.8 Å². The minimum Gasteiger partial charge on any atom is -0.367 e. The Labute approximate surface area is 99.5 Å². The Bertz CT molecular complexity index is 250. The summed E-state index contributed by atoms with van der Waals surface area (Å²) in [4.78, 5) is 2.44. The molecule has 92 valence electrons. The highest BCUT2D eigenvalue weighted by molar-refractivity contribution is 4.90. The summed E-state index contributed by atoms with van der Waals surface area (Å²) < 4.78 is 6.02. The topological polar surface area (TPSA) is 24.5 Å². The quantitative estimate of drug-likeness (QED) is 0.571. The van der Waals surface area contributed by atoms with Crippen molar-refractivity contribution in [2.24, 2.45) is 0 Å². The first-order valence-electron chi connectivity index (χ1n) is 5.91. The molecule has 0 aliphatic carbocycles. The summed E-state index contributed by atoms with van der Waals surface area (Å²) in [5.74, 6) is 2.58. The molecule has 0 radical (unpaired) electrons. The molecule has 0 atom stereocenters. The average molecular weight is 224 g/mol. The van der Waals surface area contributed by atoms with Gasteiger partial charge in [-0.25, -0.2) is 0 Å². The molecule has 3 nitrogen and oxygen atoms in total. The van der Waals surface area contributed by atoms with Crippen LogP contribution in [0.2, 0.25) is 0 Å². The zero-order chi connectivity index (χ0) is 12.2. The van der Waals surface area contributed by atoms with Gasteiger partial charge in [0.15, 0.2) is 0 Å². The van der Waals surface area contributed by atoms with Crippen molar-refractivity contribution >= 4 is 0 Å². The molecule has 1 aliphatic rings. The number of ether oxygens (including phenoxy) is 1. The van der Waals surface area contributed by atoms with Crippen molar-refractivity contribution in [2.75, 3.05) is 32.7 Å². The van der Waals surface area contributed by atoms with Crippen molar-refractivity contribution in [2.45, 2.75) is 38.9 Å². The number of rotatable bonds is 4. The fourth-order valence-electron chi connectivity index (χ4n) is 2.50. The van der Waals surface area contributed by atoms with Gasteiger partial charge in [0.2, 0.25) is 0 Å². The molecule has 16 heavy (non-hydrogen) atoms. The van der Waals surface area contributed by atoms with Gasteiger partial charge in [0, 0.05) is 26.2 Å². The third-order valence-corrected chi connectivity index (χ3v) is 2.59. The van der Waals surface area contributed by atoms with Crippen LogP contribution in [0.25, 0.3) is 0 Å². The van der Waals surface area contributed by atoms with Crippen LogP contribution in [0, 0.1) is 12.3 Å². The molecule has 1 fully saturated rings. The van der Waals surface area contributed by atoms with Crippen molar-refractivity contribution < 1.29 is 4.74 Å². The molecule has 1 saturated heterocycles. The maximum atomic E-state index is 6.02. The van der Waals surface area contributed by atoms with Gasteiger partial charge in [-0.3, -0.25) is 4.90 Å². The lowest BCUT2D eigenvalue weighted by molar-refractivity contribution is -0.179. The number of hydrogen-bond acceptors (Lipinski definition) is 3. The van der Waals surface area contributed by atoms with E-state index in [0.29, 0.717) is 6.54 Å². The predicted molar refractivity (Wildman–Crippen MR) is 67.4 cm³/mol. The van der Waals surface area contributed by atoms with Gasteiger partial charge in [-0.1, -0.05) is 5.92 Å². The van der Waals surface area contributed by atoms with Crippen LogP contribution in [-0.2, 0) is 4.74 Å². The molecule has 1 aliphatic heterocycles. The van der Waals surface area contributed by atoms with Gasteiger partial charge in [0.05, 0.1) is 17.7 Å². The molecule has 0 aromatic heterocycles. The second-order valence-electron chi connectivity index (χ2n) is 5.71. The zero-order valence-electron chi connectivity index (χ0n) is 11.0. The Morgan fingerprint density at radius 3 is 2.31 bits per heavy atom. The number of nitrogens with one attached hydrogen (secondary N) is 1. The van der Waals surface area contributed by atoms with Crippen molar-refractivity contribution in [3.8, 4) is 12.3 Å². The van der Waals surface area contributed by atoms with Crippen molar-refractivity contribution in [1.29, 1.82) is 0 Å². The lowest BCUT2D eigenvalue weighted by Crippen LogP contribution is -2.58. The highest BCUT2D eigenvalue weighted by Gasteiger charge is 2.37. The smallest absolute Gasteiger partial charge is 0.0760 e. The molecule has 0 unspecified atom stereocenters. The zero-order valence-corrected chi connectivity index (χ0v) is 11.0. The summed E-state index contributed by atoms with van der Waals surface area (Å²) in [6.07, 6.45) is 5.19. The molecular formula is C13H24N2O. The lowest BCUT2D eigenvalue weighted by Gasteiger charge is -2.47. The Kier molecular flexibility index (Phi) is 4.37. The largest absolute Gasteiger partial charge is 0.367 e. The maximum Gasteiger partial charge on any atom is 0.0760 e. The minimum atomic E-state index is -0.0616. The third-order valence-electron chi connectivity index (χ3n) is 2.59. The van der Waals surface area contributed by atoms with Gasteiger partial charge >= 0.3 is 0 Å². The molecule has 1 heterocycles. The van der Waals surface area contributed by atoms with E-state index in [1.807, 2.05) is 0 Å². The standard InChI is InChI=1S/C13H24N2O/c1-6-7-14-8-9-15-10-12(2,3)16-13(4,5)11-15/h1,14H,7-11H2,2-5H3. The van der Waals surface area contributed by atoms with E-state index in [0.717, 1.165) is 26.2 Å². The summed E-state index contributed by atoms with van der Waals surface area (Å²) in [5.41, 5.74) is -0.123. The van der Waals surface area contributed by atoms with Gasteiger partial charge < -0.3 is 10.1 Å². The number of terminal acetylenes is 1. The monoisotopic (exact) mass is 224 g/mol. The number of hydrogen-bond donors (Lipinski definition) is 1. The second kappa shape index (κ2) is 5.18. The van der Waals surface area contributed by atoms with E-state index in [2.05, 4.69) is 43.8 Å². The van der Waals surface area contributed by atoms with Crippen LogP contribution in [0.4, 0.5) is 0 Å². The summed E-state index contributed by atoms with van der Waals surface area (Å²) >= 11 is 0. The van der Waals surface area contributed by atoms with Gasteiger partial charge in [0.1, 0.15) is 0 Å². The van der Waals surface area contributed by atoms with Crippen LogP contribution in [0.3, 0.4) is 0 Å². The van der Waals surface area contributed by atoms with Gasteiger partial charge in [0.25, 0.3) is 0 Å². The van der Waals surface area contributed by atoms with E-state index in [-0.39, 0.29) is 11.2 Å². The molecule has 0 saturated carbocycles. The minimum absolute atomic E-state index is 0.0616. The Morgan fingerprint density at radius 1 is 1.25 bits per heavy atom. The summed E-state index contributed by atoms with van der Waals surface area (Å²) in [5, 5.41) is 3.22.